The van der Waals surface area contributed by atoms with Gasteiger partial charge in [-0.25, -0.2) is 9.18 Å². The van der Waals surface area contributed by atoms with Gasteiger partial charge in [0.05, 0.1) is 19.3 Å². The van der Waals surface area contributed by atoms with Crippen LogP contribution in [0.25, 0.3) is 0 Å². The molecule has 140 valence electrons. The standard InChI is InChI=1S/C18H25F2NO4/c1-10-8-12(22)16(21(9-10)17(23)25-18(2,3)4)11-6-7-13(24-5)15(20)14(11)19/h6-7,10,12,16,22H,8-9H2,1-5H3/t10-,12+,16+/m0/s1. The maximum atomic E-state index is 14.5. The summed E-state index contributed by atoms with van der Waals surface area (Å²) >= 11 is 0. The van der Waals surface area contributed by atoms with Crippen LogP contribution in [0.3, 0.4) is 0 Å². The summed E-state index contributed by atoms with van der Waals surface area (Å²) in [6.07, 6.45) is -1.32. The largest absolute Gasteiger partial charge is 0.494 e. The first kappa shape index (κ1) is 19.4. The van der Waals surface area contributed by atoms with Crippen LogP contribution >= 0.6 is 0 Å². The fourth-order valence-corrected chi connectivity index (χ4v) is 3.09. The summed E-state index contributed by atoms with van der Waals surface area (Å²) in [5.74, 6) is -2.50. The van der Waals surface area contributed by atoms with Gasteiger partial charge in [-0.2, -0.15) is 4.39 Å². The number of benzene rings is 1. The fraction of sp³-hybridized carbons (Fsp3) is 0.611. The number of carbonyl (C=O) groups excluding carboxylic acids is 1. The minimum absolute atomic E-state index is 0.00456. The monoisotopic (exact) mass is 357 g/mol. The normalized spacial score (nSPS) is 24.2. The van der Waals surface area contributed by atoms with E-state index in [1.165, 1.54) is 24.1 Å². The third-order valence-electron chi connectivity index (χ3n) is 4.10. The average molecular weight is 357 g/mol. The number of ether oxygens (including phenoxy) is 2. The van der Waals surface area contributed by atoms with E-state index in [2.05, 4.69) is 0 Å². The first-order valence-corrected chi connectivity index (χ1v) is 8.24. The molecule has 0 aliphatic carbocycles. The molecule has 3 atom stereocenters. The molecule has 1 aromatic rings. The minimum atomic E-state index is -1.14. The molecule has 1 aliphatic rings. The molecule has 1 aromatic carbocycles. The summed E-state index contributed by atoms with van der Waals surface area (Å²) < 4.78 is 38.8. The predicted octanol–water partition coefficient (Wildman–Crippen LogP) is 3.65. The molecule has 0 spiro atoms. The van der Waals surface area contributed by atoms with E-state index in [0.717, 1.165) is 0 Å². The lowest BCUT2D eigenvalue weighted by Crippen LogP contribution is -2.50. The summed E-state index contributed by atoms with van der Waals surface area (Å²) in [7, 11) is 1.24. The number of nitrogens with zero attached hydrogens (tertiary/aromatic N) is 1. The van der Waals surface area contributed by atoms with Crippen LogP contribution in [0.5, 0.6) is 5.75 Å². The van der Waals surface area contributed by atoms with Crippen LogP contribution in [0.15, 0.2) is 12.1 Å². The fourth-order valence-electron chi connectivity index (χ4n) is 3.09. The zero-order chi connectivity index (χ0) is 18.9. The summed E-state index contributed by atoms with van der Waals surface area (Å²) in [4.78, 5) is 13.8. The van der Waals surface area contributed by atoms with Crippen molar-refractivity contribution in [1.82, 2.24) is 4.90 Å². The van der Waals surface area contributed by atoms with Gasteiger partial charge in [0.15, 0.2) is 11.6 Å². The highest BCUT2D eigenvalue weighted by Crippen LogP contribution is 2.37. The van der Waals surface area contributed by atoms with Crippen LogP contribution in [0.2, 0.25) is 0 Å². The molecule has 5 nitrogen and oxygen atoms in total. The van der Waals surface area contributed by atoms with Gasteiger partial charge < -0.3 is 14.6 Å². The van der Waals surface area contributed by atoms with Gasteiger partial charge in [-0.1, -0.05) is 13.0 Å². The van der Waals surface area contributed by atoms with Gasteiger partial charge in [0.1, 0.15) is 5.60 Å². The van der Waals surface area contributed by atoms with Crippen LogP contribution in [0, 0.1) is 17.6 Å². The van der Waals surface area contributed by atoms with E-state index >= 15 is 0 Å². The molecule has 2 rings (SSSR count). The Hall–Kier alpha value is -1.89. The first-order chi connectivity index (χ1) is 11.5. The van der Waals surface area contributed by atoms with Crippen molar-refractivity contribution in [2.24, 2.45) is 5.92 Å². The number of piperidine rings is 1. The van der Waals surface area contributed by atoms with E-state index in [0.29, 0.717) is 6.42 Å². The predicted molar refractivity (Wildman–Crippen MR) is 88.4 cm³/mol. The van der Waals surface area contributed by atoms with Crippen molar-refractivity contribution in [3.63, 3.8) is 0 Å². The Kier molecular flexibility index (Phi) is 5.56. The number of halogens is 2. The second-order valence-corrected chi connectivity index (χ2v) is 7.47. The lowest BCUT2D eigenvalue weighted by atomic mass is 9.87. The highest BCUT2D eigenvalue weighted by atomic mass is 19.2. The van der Waals surface area contributed by atoms with Gasteiger partial charge in [0, 0.05) is 12.1 Å². The molecule has 1 saturated heterocycles. The lowest BCUT2D eigenvalue weighted by Gasteiger charge is -2.42. The zero-order valence-corrected chi connectivity index (χ0v) is 15.2. The molecule has 1 amide bonds. The van der Waals surface area contributed by atoms with Gasteiger partial charge in [0.25, 0.3) is 0 Å². The number of hydrogen-bond acceptors (Lipinski definition) is 4. The topological polar surface area (TPSA) is 59.0 Å². The van der Waals surface area contributed by atoms with Crippen LogP contribution in [0.4, 0.5) is 13.6 Å². The highest BCUT2D eigenvalue weighted by molar-refractivity contribution is 5.69. The average Bonchev–Trinajstić information content (AvgIpc) is 2.48. The van der Waals surface area contributed by atoms with E-state index < -0.39 is 35.5 Å². The van der Waals surface area contributed by atoms with Crippen molar-refractivity contribution >= 4 is 6.09 Å². The molecule has 1 heterocycles. The first-order valence-electron chi connectivity index (χ1n) is 8.24. The summed E-state index contributed by atoms with van der Waals surface area (Å²) in [5, 5.41) is 10.5. The molecule has 0 aromatic heterocycles. The summed E-state index contributed by atoms with van der Waals surface area (Å²) in [6, 6.07) is 1.59. The molecule has 0 radical (unpaired) electrons. The third-order valence-corrected chi connectivity index (χ3v) is 4.10. The van der Waals surface area contributed by atoms with E-state index in [1.54, 1.807) is 20.8 Å². The van der Waals surface area contributed by atoms with Crippen molar-refractivity contribution in [2.75, 3.05) is 13.7 Å². The number of aliphatic hydroxyl groups is 1. The Labute approximate surface area is 146 Å². The maximum absolute atomic E-state index is 14.5. The van der Waals surface area contributed by atoms with Gasteiger partial charge in [0.2, 0.25) is 5.82 Å². The smallest absolute Gasteiger partial charge is 0.410 e. The molecule has 1 fully saturated rings. The van der Waals surface area contributed by atoms with Crippen LogP contribution in [-0.2, 0) is 4.74 Å². The van der Waals surface area contributed by atoms with Crippen molar-refractivity contribution in [1.29, 1.82) is 0 Å². The van der Waals surface area contributed by atoms with Crippen molar-refractivity contribution in [2.45, 2.75) is 51.9 Å². The van der Waals surface area contributed by atoms with Gasteiger partial charge in [-0.05, 0) is 39.2 Å². The van der Waals surface area contributed by atoms with Gasteiger partial charge in [-0.15, -0.1) is 0 Å². The highest BCUT2D eigenvalue weighted by Gasteiger charge is 2.41. The Morgan fingerprint density at radius 1 is 1.28 bits per heavy atom. The molecular weight excluding hydrogens is 332 g/mol. The molecular formula is C18H25F2NO4. The Balaban J connectivity index is 2.44. The quantitative estimate of drug-likeness (QED) is 0.878. The van der Waals surface area contributed by atoms with Crippen molar-refractivity contribution in [3.05, 3.63) is 29.3 Å². The summed E-state index contributed by atoms with van der Waals surface area (Å²) in [6.45, 7) is 7.32. The molecule has 25 heavy (non-hydrogen) atoms. The number of amides is 1. The van der Waals surface area contributed by atoms with Crippen LogP contribution in [-0.4, -0.2) is 41.5 Å². The molecule has 0 unspecified atom stereocenters. The van der Waals surface area contributed by atoms with E-state index in [9.17, 15) is 18.7 Å². The maximum Gasteiger partial charge on any atom is 0.410 e. The SMILES string of the molecule is COc1ccc([C@@H]2[C@H](O)C[C@H](C)CN2C(=O)OC(C)(C)C)c(F)c1F. The lowest BCUT2D eigenvalue weighted by molar-refractivity contribution is -0.0373. The second-order valence-electron chi connectivity index (χ2n) is 7.47. The number of hydrogen-bond donors (Lipinski definition) is 1. The Morgan fingerprint density at radius 2 is 1.92 bits per heavy atom. The number of rotatable bonds is 2. The van der Waals surface area contributed by atoms with Crippen LogP contribution in [0.1, 0.15) is 45.7 Å². The van der Waals surface area contributed by atoms with E-state index in [1.807, 2.05) is 6.92 Å². The van der Waals surface area contributed by atoms with E-state index in [4.69, 9.17) is 9.47 Å². The number of carbonyl (C=O) groups is 1. The number of methoxy groups -OCH3 is 1. The Morgan fingerprint density at radius 3 is 2.48 bits per heavy atom. The molecule has 1 aliphatic heterocycles. The Bertz CT molecular complexity index is 645. The van der Waals surface area contributed by atoms with Crippen molar-refractivity contribution in [3.8, 4) is 5.75 Å². The third kappa shape index (κ3) is 4.21. The molecule has 0 saturated carbocycles. The molecule has 7 heteroatoms. The van der Waals surface area contributed by atoms with Gasteiger partial charge >= 0.3 is 6.09 Å². The number of likely N-dealkylation sites (tertiary alicyclic amines) is 1. The van der Waals surface area contributed by atoms with Crippen molar-refractivity contribution < 1.29 is 28.2 Å². The van der Waals surface area contributed by atoms with Gasteiger partial charge in [-0.3, -0.25) is 4.90 Å². The summed E-state index contributed by atoms with van der Waals surface area (Å²) in [5.41, 5.74) is -0.833. The minimum Gasteiger partial charge on any atom is -0.494 e. The molecule has 0 bridgehead atoms. The second kappa shape index (κ2) is 7.15. The number of aliphatic hydroxyl groups excluding tert-OH is 1. The molecule has 1 N–H and O–H groups in total. The van der Waals surface area contributed by atoms with Crippen LogP contribution < -0.4 is 4.74 Å². The van der Waals surface area contributed by atoms with E-state index in [-0.39, 0.29) is 23.8 Å². The zero-order valence-electron chi connectivity index (χ0n) is 15.2.